The van der Waals surface area contributed by atoms with Crippen LogP contribution in [-0.4, -0.2) is 36.3 Å². The molecule has 0 aromatic carbocycles. The molecule has 0 saturated heterocycles. The number of nitrogens with zero attached hydrogens (tertiary/aromatic N) is 1. The van der Waals surface area contributed by atoms with Gasteiger partial charge in [-0.1, -0.05) is 0 Å². The van der Waals surface area contributed by atoms with Gasteiger partial charge in [-0.05, 0) is 0 Å². The molecule has 0 aromatic heterocycles. The van der Waals surface area contributed by atoms with Gasteiger partial charge in [0, 0.05) is 6.92 Å². The van der Waals surface area contributed by atoms with Crippen LogP contribution in [0.1, 0.15) is 6.92 Å². The fourth-order valence-corrected chi connectivity index (χ4v) is 0.904. The highest BCUT2D eigenvalue weighted by atomic mass is 16.1. The average Bonchev–Trinajstić information content (AvgIpc) is 1.89. The smallest absolute Gasteiger partial charge is 0.302 e. The fourth-order valence-electron chi connectivity index (χ4n) is 0.904. The summed E-state index contributed by atoms with van der Waals surface area (Å²) in [5, 5.41) is 3.16. The zero-order chi connectivity index (χ0) is 6.69. The van der Waals surface area contributed by atoms with Crippen LogP contribution < -0.4 is 5.32 Å². The Bertz CT molecular complexity index is 151. The van der Waals surface area contributed by atoms with E-state index in [0.29, 0.717) is 0 Å². The lowest BCUT2D eigenvalue weighted by molar-refractivity contribution is -0.436. The first kappa shape index (κ1) is 6.42. The number of hydrogen-bond acceptors (Lipinski definition) is 2. The summed E-state index contributed by atoms with van der Waals surface area (Å²) in [6, 6.07) is 0. The van der Waals surface area contributed by atoms with E-state index in [4.69, 9.17) is 0 Å². The van der Waals surface area contributed by atoms with E-state index in [1.807, 2.05) is 6.92 Å². The van der Waals surface area contributed by atoms with E-state index >= 15 is 0 Å². The van der Waals surface area contributed by atoms with Crippen molar-refractivity contribution < 1.29 is 9.37 Å². The summed E-state index contributed by atoms with van der Waals surface area (Å²) in [5.74, 6) is 0. The maximum absolute atomic E-state index is 10.2. The summed E-state index contributed by atoms with van der Waals surface area (Å²) in [5.41, 5.74) is 1.11. The maximum Gasteiger partial charge on any atom is 0.375 e. The van der Waals surface area contributed by atoms with Gasteiger partial charge in [0.25, 0.3) is 0 Å². The van der Waals surface area contributed by atoms with Gasteiger partial charge in [0.05, 0.1) is 13.1 Å². The van der Waals surface area contributed by atoms with Gasteiger partial charge in [0.2, 0.25) is 0 Å². The summed E-state index contributed by atoms with van der Waals surface area (Å²) >= 11 is 0. The third-order valence-corrected chi connectivity index (χ3v) is 1.53. The first-order valence-electron chi connectivity index (χ1n) is 3.09. The molecule has 0 unspecified atom stereocenters. The van der Waals surface area contributed by atoms with Crippen molar-refractivity contribution in [1.29, 1.82) is 0 Å². The van der Waals surface area contributed by atoms with Gasteiger partial charge in [-0.3, -0.25) is 0 Å². The maximum atomic E-state index is 10.2. The molecule has 1 aliphatic heterocycles. The van der Waals surface area contributed by atoms with Gasteiger partial charge < -0.3 is 5.32 Å². The molecular formula is C6H11N2O+. The number of hydrogen-bond donors (Lipinski definition) is 1. The van der Waals surface area contributed by atoms with E-state index in [0.717, 1.165) is 31.8 Å². The topological polar surface area (TPSA) is 32.1 Å². The molecule has 3 nitrogen and oxygen atoms in total. The molecule has 0 aromatic rings. The molecule has 0 spiro atoms. The monoisotopic (exact) mass is 127 g/mol. The van der Waals surface area contributed by atoms with E-state index in [2.05, 4.69) is 5.32 Å². The van der Waals surface area contributed by atoms with Crippen molar-refractivity contribution in [3.8, 4) is 0 Å². The van der Waals surface area contributed by atoms with Gasteiger partial charge in [-0.2, -0.15) is 4.58 Å². The zero-order valence-electron chi connectivity index (χ0n) is 5.55. The second kappa shape index (κ2) is 2.73. The molecule has 0 aliphatic carbocycles. The van der Waals surface area contributed by atoms with Crippen LogP contribution in [0.15, 0.2) is 0 Å². The van der Waals surface area contributed by atoms with E-state index in [1.165, 1.54) is 0 Å². The largest absolute Gasteiger partial charge is 0.375 e. The number of carbonyl (C=O) groups is 1. The minimum absolute atomic E-state index is 0.815. The molecule has 0 saturated carbocycles. The van der Waals surface area contributed by atoms with Crippen molar-refractivity contribution in [2.24, 2.45) is 0 Å². The third-order valence-electron chi connectivity index (χ3n) is 1.53. The Morgan fingerprint density at radius 1 is 1.78 bits per heavy atom. The predicted molar refractivity (Wildman–Crippen MR) is 34.7 cm³/mol. The van der Waals surface area contributed by atoms with Crippen LogP contribution in [-0.2, 0) is 4.79 Å². The van der Waals surface area contributed by atoms with Gasteiger partial charge in [0.15, 0.2) is 12.3 Å². The fraction of sp³-hybridized carbons (Fsp3) is 0.667. The predicted octanol–water partition coefficient (Wildman–Crippen LogP) is -0.781. The molecule has 0 atom stereocenters. The van der Waals surface area contributed by atoms with Crippen molar-refractivity contribution in [1.82, 2.24) is 5.32 Å². The summed E-state index contributed by atoms with van der Waals surface area (Å²) < 4.78 is 1.73. The summed E-state index contributed by atoms with van der Waals surface area (Å²) in [6.07, 6.45) is 0.885. The molecular weight excluding hydrogens is 116 g/mol. The molecule has 1 rings (SSSR count). The van der Waals surface area contributed by atoms with Crippen LogP contribution in [0.2, 0.25) is 0 Å². The first-order chi connectivity index (χ1) is 4.34. The molecule has 0 fully saturated rings. The van der Waals surface area contributed by atoms with Gasteiger partial charge in [-0.15, -0.1) is 0 Å². The van der Waals surface area contributed by atoms with Crippen molar-refractivity contribution in [2.45, 2.75) is 6.92 Å². The van der Waals surface area contributed by atoms with E-state index in [1.54, 1.807) is 4.58 Å². The van der Waals surface area contributed by atoms with Crippen LogP contribution in [0.25, 0.3) is 0 Å². The standard InChI is InChI=1S/C6H11N2O/c1-6-4-7-2-3-8(6)5-9/h5,7H,2-4H2,1H3/q+1. The van der Waals surface area contributed by atoms with Crippen LogP contribution >= 0.6 is 0 Å². The Morgan fingerprint density at radius 3 is 3.00 bits per heavy atom. The summed E-state index contributed by atoms with van der Waals surface area (Å²) in [7, 11) is 0. The molecule has 0 radical (unpaired) electrons. The molecule has 1 heterocycles. The molecule has 50 valence electrons. The SMILES string of the molecule is CC1=[N+](C=O)CCNC1. The molecule has 1 amide bonds. The van der Waals surface area contributed by atoms with Gasteiger partial charge in [0.1, 0.15) is 0 Å². The molecule has 1 N–H and O–H groups in total. The van der Waals surface area contributed by atoms with Crippen LogP contribution in [0.4, 0.5) is 0 Å². The Balaban J connectivity index is 2.70. The second-order valence-electron chi connectivity index (χ2n) is 2.21. The van der Waals surface area contributed by atoms with E-state index in [9.17, 15) is 4.79 Å². The zero-order valence-corrected chi connectivity index (χ0v) is 5.55. The van der Waals surface area contributed by atoms with Crippen molar-refractivity contribution >= 4 is 12.1 Å². The Hall–Kier alpha value is -0.700. The number of rotatable bonds is 1. The van der Waals surface area contributed by atoms with E-state index in [-0.39, 0.29) is 0 Å². The van der Waals surface area contributed by atoms with Gasteiger partial charge in [-0.25, -0.2) is 4.79 Å². The lowest BCUT2D eigenvalue weighted by atomic mass is 10.3. The van der Waals surface area contributed by atoms with Crippen molar-refractivity contribution in [3.63, 3.8) is 0 Å². The van der Waals surface area contributed by atoms with E-state index < -0.39 is 0 Å². The Labute approximate surface area is 54.4 Å². The van der Waals surface area contributed by atoms with Gasteiger partial charge >= 0.3 is 6.41 Å². The normalized spacial score (nSPS) is 20.1. The van der Waals surface area contributed by atoms with Crippen molar-refractivity contribution in [2.75, 3.05) is 19.6 Å². The number of amides is 1. The lowest BCUT2D eigenvalue weighted by Gasteiger charge is -2.07. The minimum Gasteiger partial charge on any atom is -0.302 e. The van der Waals surface area contributed by atoms with Crippen LogP contribution in [0.5, 0.6) is 0 Å². The summed E-state index contributed by atoms with van der Waals surface area (Å²) in [6.45, 7) is 4.53. The highest BCUT2D eigenvalue weighted by Crippen LogP contribution is 1.81. The lowest BCUT2D eigenvalue weighted by Crippen LogP contribution is -2.39. The Morgan fingerprint density at radius 2 is 2.56 bits per heavy atom. The second-order valence-corrected chi connectivity index (χ2v) is 2.21. The Kier molecular flexibility index (Phi) is 1.95. The molecule has 9 heavy (non-hydrogen) atoms. The molecule has 3 heteroatoms. The summed E-state index contributed by atoms with van der Waals surface area (Å²) in [4.78, 5) is 10.2. The first-order valence-corrected chi connectivity index (χ1v) is 3.09. The highest BCUT2D eigenvalue weighted by molar-refractivity contribution is 5.81. The third kappa shape index (κ3) is 1.36. The number of carbonyl (C=O) groups excluding carboxylic acids is 1. The van der Waals surface area contributed by atoms with Crippen LogP contribution in [0, 0.1) is 0 Å². The quantitative estimate of drug-likeness (QED) is 0.370. The average molecular weight is 127 g/mol. The number of nitrogens with one attached hydrogen (secondary N) is 1. The minimum atomic E-state index is 0.815. The molecule has 1 aliphatic rings. The van der Waals surface area contributed by atoms with Crippen molar-refractivity contribution in [3.05, 3.63) is 0 Å². The van der Waals surface area contributed by atoms with Crippen LogP contribution in [0.3, 0.4) is 0 Å². The highest BCUT2D eigenvalue weighted by Gasteiger charge is 2.12. The molecule has 0 bridgehead atoms.